The van der Waals surface area contributed by atoms with Gasteiger partial charge in [-0.1, -0.05) is 0 Å². The van der Waals surface area contributed by atoms with Gasteiger partial charge in [0, 0.05) is 26.8 Å². The van der Waals surface area contributed by atoms with Crippen LogP contribution in [0.4, 0.5) is 5.82 Å². The molecule has 0 aliphatic heterocycles. The second kappa shape index (κ2) is 5.14. The van der Waals surface area contributed by atoms with Crippen molar-refractivity contribution >= 4 is 31.8 Å². The van der Waals surface area contributed by atoms with Crippen LogP contribution in [0.3, 0.4) is 0 Å². The van der Waals surface area contributed by atoms with Gasteiger partial charge in [0.2, 0.25) is 10.0 Å². The van der Waals surface area contributed by atoms with E-state index in [0.29, 0.717) is 10.3 Å². The van der Waals surface area contributed by atoms with Crippen LogP contribution in [0, 0.1) is 5.92 Å². The summed E-state index contributed by atoms with van der Waals surface area (Å²) in [5.74, 6) is 1.43. The largest absolute Gasteiger partial charge is 0.369 e. The summed E-state index contributed by atoms with van der Waals surface area (Å²) in [4.78, 5) is 4.35. The molecule has 2 rings (SSSR count). The molecule has 7 heteroatoms. The van der Waals surface area contributed by atoms with Gasteiger partial charge in [0.25, 0.3) is 0 Å². The van der Waals surface area contributed by atoms with E-state index in [4.69, 9.17) is 0 Å². The highest BCUT2D eigenvalue weighted by atomic mass is 79.9. The summed E-state index contributed by atoms with van der Waals surface area (Å²) in [6, 6.07) is 1.58. The van der Waals surface area contributed by atoms with E-state index in [2.05, 4.69) is 26.2 Å². The summed E-state index contributed by atoms with van der Waals surface area (Å²) in [7, 11) is -0.417. The van der Waals surface area contributed by atoms with Gasteiger partial charge < -0.3 is 5.32 Å². The predicted octanol–water partition coefficient (Wildman–Crippen LogP) is 1.92. The Bertz CT molecular complexity index is 541. The van der Waals surface area contributed by atoms with Gasteiger partial charge in [-0.2, -0.15) is 0 Å². The van der Waals surface area contributed by atoms with Crippen molar-refractivity contribution in [2.75, 3.05) is 26.0 Å². The Morgan fingerprint density at radius 3 is 2.67 bits per heavy atom. The van der Waals surface area contributed by atoms with E-state index in [0.717, 1.165) is 12.5 Å². The highest BCUT2D eigenvalue weighted by Crippen LogP contribution is 2.30. The van der Waals surface area contributed by atoms with Crippen LogP contribution in [0.5, 0.6) is 0 Å². The Balaban J connectivity index is 2.18. The van der Waals surface area contributed by atoms with Crippen LogP contribution in [0.2, 0.25) is 0 Å². The average molecular weight is 334 g/mol. The number of halogens is 1. The summed E-state index contributed by atoms with van der Waals surface area (Å²) < 4.78 is 25.7. The zero-order valence-corrected chi connectivity index (χ0v) is 12.8. The number of aromatic nitrogens is 1. The number of anilines is 1. The maximum Gasteiger partial charge on any atom is 0.244 e. The van der Waals surface area contributed by atoms with Crippen molar-refractivity contribution in [3.63, 3.8) is 0 Å². The van der Waals surface area contributed by atoms with Crippen LogP contribution in [-0.2, 0) is 10.0 Å². The lowest BCUT2D eigenvalue weighted by molar-refractivity contribution is 0.520. The smallest absolute Gasteiger partial charge is 0.244 e. The molecule has 1 heterocycles. The minimum atomic E-state index is -3.42. The number of nitrogens with one attached hydrogen (secondary N) is 1. The molecule has 0 atom stereocenters. The van der Waals surface area contributed by atoms with Crippen molar-refractivity contribution in [2.24, 2.45) is 5.92 Å². The first-order valence-electron chi connectivity index (χ1n) is 5.73. The third-order valence-electron chi connectivity index (χ3n) is 2.85. The Kier molecular flexibility index (Phi) is 3.93. The molecule has 1 aromatic heterocycles. The van der Waals surface area contributed by atoms with Crippen molar-refractivity contribution in [3.05, 3.63) is 16.7 Å². The zero-order chi connectivity index (χ0) is 13.3. The Morgan fingerprint density at radius 1 is 1.50 bits per heavy atom. The molecule has 1 aromatic rings. The van der Waals surface area contributed by atoms with Gasteiger partial charge in [-0.15, -0.1) is 0 Å². The number of hydrogen-bond donors (Lipinski definition) is 1. The maximum absolute atomic E-state index is 11.9. The number of rotatable bonds is 5. The van der Waals surface area contributed by atoms with Gasteiger partial charge in [-0.3, -0.25) is 0 Å². The zero-order valence-electron chi connectivity index (χ0n) is 10.4. The monoisotopic (exact) mass is 333 g/mol. The molecule has 18 heavy (non-hydrogen) atoms. The molecule has 1 aliphatic carbocycles. The van der Waals surface area contributed by atoms with Crippen molar-refractivity contribution < 1.29 is 8.42 Å². The molecule has 1 fully saturated rings. The molecule has 1 saturated carbocycles. The van der Waals surface area contributed by atoms with E-state index in [1.54, 1.807) is 6.07 Å². The number of pyridine rings is 1. The minimum Gasteiger partial charge on any atom is -0.369 e. The summed E-state index contributed by atoms with van der Waals surface area (Å²) in [5.41, 5.74) is 0. The Labute approximate surface area is 116 Å². The predicted molar refractivity (Wildman–Crippen MR) is 74.0 cm³/mol. The molecule has 100 valence electrons. The molecule has 5 nitrogen and oxygen atoms in total. The molecule has 0 spiro atoms. The van der Waals surface area contributed by atoms with Gasteiger partial charge >= 0.3 is 0 Å². The molecular weight excluding hydrogens is 318 g/mol. The average Bonchev–Trinajstić information content (AvgIpc) is 3.11. The van der Waals surface area contributed by atoms with Gasteiger partial charge in [-0.25, -0.2) is 17.7 Å². The van der Waals surface area contributed by atoms with Crippen LogP contribution in [-0.4, -0.2) is 38.3 Å². The Hall–Kier alpha value is -0.660. The van der Waals surface area contributed by atoms with Gasteiger partial charge in [-0.05, 0) is 40.8 Å². The van der Waals surface area contributed by atoms with E-state index in [1.807, 2.05) is 0 Å². The molecule has 0 aromatic carbocycles. The lowest BCUT2D eigenvalue weighted by Gasteiger charge is -2.13. The number of hydrogen-bond acceptors (Lipinski definition) is 4. The molecule has 0 unspecified atom stereocenters. The minimum absolute atomic E-state index is 0.191. The van der Waals surface area contributed by atoms with Gasteiger partial charge in [0.05, 0.1) is 4.47 Å². The fourth-order valence-corrected chi connectivity index (χ4v) is 2.98. The van der Waals surface area contributed by atoms with E-state index in [9.17, 15) is 8.42 Å². The molecule has 1 N–H and O–H groups in total. The van der Waals surface area contributed by atoms with Crippen LogP contribution < -0.4 is 5.32 Å². The number of nitrogens with zero attached hydrogens (tertiary/aromatic N) is 2. The van der Waals surface area contributed by atoms with Crippen LogP contribution in [0.1, 0.15) is 12.8 Å². The van der Waals surface area contributed by atoms with E-state index in [-0.39, 0.29) is 4.90 Å². The summed E-state index contributed by atoms with van der Waals surface area (Å²) in [6.07, 6.45) is 3.91. The fourth-order valence-electron chi connectivity index (χ4n) is 1.47. The first-order chi connectivity index (χ1) is 8.41. The lowest BCUT2D eigenvalue weighted by atomic mass is 10.4. The third kappa shape index (κ3) is 3.02. The first kappa shape index (κ1) is 13.8. The van der Waals surface area contributed by atoms with Crippen LogP contribution >= 0.6 is 15.9 Å². The van der Waals surface area contributed by atoms with Crippen molar-refractivity contribution in [1.82, 2.24) is 9.29 Å². The second-order valence-electron chi connectivity index (χ2n) is 4.61. The SMILES string of the molecule is CN(C)S(=O)(=O)c1cnc(NCC2CC2)c(Br)c1. The van der Waals surface area contributed by atoms with Crippen LogP contribution in [0.25, 0.3) is 0 Å². The molecule has 0 amide bonds. The highest BCUT2D eigenvalue weighted by molar-refractivity contribution is 9.10. The fraction of sp³-hybridized carbons (Fsp3) is 0.545. The van der Waals surface area contributed by atoms with Gasteiger partial charge in [0.1, 0.15) is 10.7 Å². The molecule has 0 saturated heterocycles. The number of sulfonamides is 1. The highest BCUT2D eigenvalue weighted by Gasteiger charge is 2.22. The van der Waals surface area contributed by atoms with E-state index in [1.165, 1.54) is 37.4 Å². The normalized spacial score (nSPS) is 16.0. The maximum atomic E-state index is 11.9. The second-order valence-corrected chi connectivity index (χ2v) is 7.62. The first-order valence-corrected chi connectivity index (χ1v) is 7.96. The molecule has 1 aliphatic rings. The molecule has 0 bridgehead atoms. The lowest BCUT2D eigenvalue weighted by Crippen LogP contribution is -2.22. The summed E-state index contributed by atoms with van der Waals surface area (Å²) in [6.45, 7) is 0.894. The van der Waals surface area contributed by atoms with E-state index < -0.39 is 10.0 Å². The topological polar surface area (TPSA) is 62.3 Å². The van der Waals surface area contributed by atoms with Crippen LogP contribution in [0.15, 0.2) is 21.6 Å². The quantitative estimate of drug-likeness (QED) is 0.894. The molecular formula is C11H16BrN3O2S. The summed E-state index contributed by atoms with van der Waals surface area (Å²) in [5, 5.41) is 3.22. The van der Waals surface area contributed by atoms with Crippen molar-refractivity contribution in [1.29, 1.82) is 0 Å². The van der Waals surface area contributed by atoms with Gasteiger partial charge in [0.15, 0.2) is 0 Å². The Morgan fingerprint density at radius 2 is 2.17 bits per heavy atom. The van der Waals surface area contributed by atoms with E-state index >= 15 is 0 Å². The summed E-state index contributed by atoms with van der Waals surface area (Å²) >= 11 is 3.35. The molecule has 0 radical (unpaired) electrons. The van der Waals surface area contributed by atoms with Crippen molar-refractivity contribution in [2.45, 2.75) is 17.7 Å². The van der Waals surface area contributed by atoms with Crippen molar-refractivity contribution in [3.8, 4) is 0 Å². The third-order valence-corrected chi connectivity index (χ3v) is 5.23. The standard InChI is InChI=1S/C11H16BrN3O2S/c1-15(2)18(16,17)9-5-10(12)11(14-7-9)13-6-8-3-4-8/h5,7-8H,3-4,6H2,1-2H3,(H,13,14).